The van der Waals surface area contributed by atoms with Gasteiger partial charge in [-0.25, -0.2) is 4.79 Å². The van der Waals surface area contributed by atoms with Crippen LogP contribution in [0.4, 0.5) is 4.79 Å². The largest absolute Gasteiger partial charge is 0.465 e. The quantitative estimate of drug-likeness (QED) is 0.382. The van der Waals surface area contributed by atoms with Gasteiger partial charge in [0, 0.05) is 0 Å². The minimum Gasteiger partial charge on any atom is -0.465 e. The van der Waals surface area contributed by atoms with E-state index in [1.165, 1.54) is 25.7 Å². The van der Waals surface area contributed by atoms with Crippen LogP contribution in [0, 0.1) is 5.92 Å². The molecule has 0 aromatic carbocycles. The molecule has 0 bridgehead atoms. The first kappa shape index (κ1) is 14.6. The van der Waals surface area contributed by atoms with Gasteiger partial charge in [-0.15, -0.1) is 0 Å². The summed E-state index contributed by atoms with van der Waals surface area (Å²) >= 11 is 5.87. The van der Waals surface area contributed by atoms with E-state index in [-0.39, 0.29) is 5.92 Å². The smallest absolute Gasteiger partial charge is 0.405 e. The van der Waals surface area contributed by atoms with Crippen LogP contribution >= 0.6 is 11.6 Å². The van der Waals surface area contributed by atoms with E-state index in [2.05, 4.69) is 12.2 Å². The third-order valence-electron chi connectivity index (χ3n) is 2.52. The van der Waals surface area contributed by atoms with Crippen molar-refractivity contribution in [3.05, 3.63) is 0 Å². The lowest BCUT2D eigenvalue weighted by Crippen LogP contribution is -2.34. The summed E-state index contributed by atoms with van der Waals surface area (Å²) in [6.45, 7) is 4.17. The predicted molar refractivity (Wildman–Crippen MR) is 63.3 cm³/mol. The first-order valence-electron chi connectivity index (χ1n) is 5.71. The standard InChI is InChI=1S/C11H22ClNO2/c1-3-4-5-6-7-8-9(2)10(12)13-11(14)15/h9-10,13H,3-8H2,1-2H3,(H,14,15). The van der Waals surface area contributed by atoms with Gasteiger partial charge in [-0.2, -0.15) is 0 Å². The van der Waals surface area contributed by atoms with Crippen molar-refractivity contribution in [3.8, 4) is 0 Å². The van der Waals surface area contributed by atoms with Crippen LogP contribution in [0.25, 0.3) is 0 Å². The van der Waals surface area contributed by atoms with Gasteiger partial charge in [-0.3, -0.25) is 0 Å². The van der Waals surface area contributed by atoms with E-state index in [1.807, 2.05) is 6.92 Å². The number of alkyl halides is 1. The summed E-state index contributed by atoms with van der Waals surface area (Å²) in [5.41, 5.74) is -0.464. The fourth-order valence-electron chi connectivity index (χ4n) is 1.48. The van der Waals surface area contributed by atoms with Crippen LogP contribution in [-0.4, -0.2) is 16.7 Å². The Bertz CT molecular complexity index is 176. The number of nitrogens with one attached hydrogen (secondary N) is 1. The maximum absolute atomic E-state index is 10.3. The molecule has 15 heavy (non-hydrogen) atoms. The second-order valence-electron chi connectivity index (χ2n) is 4.03. The molecule has 2 N–H and O–H groups in total. The predicted octanol–water partition coefficient (Wildman–Crippen LogP) is 3.82. The van der Waals surface area contributed by atoms with Gasteiger partial charge in [-0.1, -0.05) is 57.6 Å². The lowest BCUT2D eigenvalue weighted by molar-refractivity contribution is 0.190. The number of amides is 1. The molecule has 1 amide bonds. The third kappa shape index (κ3) is 8.55. The highest BCUT2D eigenvalue weighted by atomic mass is 35.5. The number of carboxylic acid groups (broad SMARTS) is 1. The Balaban J connectivity index is 3.46. The third-order valence-corrected chi connectivity index (χ3v) is 3.06. The molecule has 0 saturated heterocycles. The van der Waals surface area contributed by atoms with Gasteiger partial charge in [-0.05, 0) is 12.3 Å². The molecule has 0 heterocycles. The molecular weight excluding hydrogens is 214 g/mol. The molecule has 0 spiro atoms. The minimum absolute atomic E-state index is 0.199. The number of rotatable bonds is 8. The van der Waals surface area contributed by atoms with Crippen LogP contribution in [0.2, 0.25) is 0 Å². The molecule has 3 nitrogen and oxygen atoms in total. The highest BCUT2D eigenvalue weighted by molar-refractivity contribution is 6.21. The Morgan fingerprint density at radius 3 is 2.47 bits per heavy atom. The average molecular weight is 236 g/mol. The summed E-state index contributed by atoms with van der Waals surface area (Å²) in [7, 11) is 0. The summed E-state index contributed by atoms with van der Waals surface area (Å²) in [6.07, 6.45) is 6.08. The number of halogens is 1. The van der Waals surface area contributed by atoms with Gasteiger partial charge in [0.1, 0.15) is 5.50 Å². The Labute approximate surface area is 97.2 Å². The van der Waals surface area contributed by atoms with Crippen molar-refractivity contribution in [1.82, 2.24) is 5.32 Å². The van der Waals surface area contributed by atoms with Crippen molar-refractivity contribution in [2.45, 2.75) is 57.9 Å². The first-order valence-corrected chi connectivity index (χ1v) is 6.15. The van der Waals surface area contributed by atoms with Crippen LogP contribution in [0.1, 0.15) is 52.4 Å². The Hall–Kier alpha value is -0.440. The normalized spacial score (nSPS) is 14.6. The van der Waals surface area contributed by atoms with Crippen molar-refractivity contribution in [2.24, 2.45) is 5.92 Å². The molecule has 2 unspecified atom stereocenters. The highest BCUT2D eigenvalue weighted by Gasteiger charge is 2.15. The Kier molecular flexibility index (Phi) is 8.58. The van der Waals surface area contributed by atoms with Gasteiger partial charge in [0.2, 0.25) is 0 Å². The van der Waals surface area contributed by atoms with E-state index < -0.39 is 11.6 Å². The molecule has 0 aliphatic carbocycles. The maximum atomic E-state index is 10.3. The van der Waals surface area contributed by atoms with Crippen LogP contribution in [-0.2, 0) is 0 Å². The molecule has 0 aliphatic rings. The van der Waals surface area contributed by atoms with Crippen molar-refractivity contribution >= 4 is 17.7 Å². The molecule has 2 atom stereocenters. The molecule has 0 rings (SSSR count). The molecule has 0 aromatic heterocycles. The monoisotopic (exact) mass is 235 g/mol. The molecule has 90 valence electrons. The fourth-order valence-corrected chi connectivity index (χ4v) is 1.70. The van der Waals surface area contributed by atoms with Crippen molar-refractivity contribution < 1.29 is 9.90 Å². The van der Waals surface area contributed by atoms with Gasteiger partial charge in [0.05, 0.1) is 0 Å². The molecule has 0 fully saturated rings. The summed E-state index contributed by atoms with van der Waals surface area (Å²) in [5, 5.41) is 10.8. The number of hydrogen-bond acceptors (Lipinski definition) is 1. The van der Waals surface area contributed by atoms with Crippen LogP contribution in [0.5, 0.6) is 0 Å². The first-order chi connectivity index (χ1) is 7.07. The number of hydrogen-bond donors (Lipinski definition) is 2. The lowest BCUT2D eigenvalue weighted by Gasteiger charge is -2.17. The lowest BCUT2D eigenvalue weighted by atomic mass is 10.0. The molecule has 0 radical (unpaired) electrons. The van der Waals surface area contributed by atoms with E-state index in [1.54, 1.807) is 0 Å². The van der Waals surface area contributed by atoms with Crippen molar-refractivity contribution in [2.75, 3.05) is 0 Å². The molecule has 0 aliphatic heterocycles. The Morgan fingerprint density at radius 2 is 1.93 bits per heavy atom. The topological polar surface area (TPSA) is 49.3 Å². The van der Waals surface area contributed by atoms with Crippen molar-refractivity contribution in [1.29, 1.82) is 0 Å². The van der Waals surface area contributed by atoms with Crippen LogP contribution in [0.3, 0.4) is 0 Å². The average Bonchev–Trinajstić information content (AvgIpc) is 2.16. The molecule has 0 saturated carbocycles. The highest BCUT2D eigenvalue weighted by Crippen LogP contribution is 2.16. The van der Waals surface area contributed by atoms with Crippen molar-refractivity contribution in [3.63, 3.8) is 0 Å². The minimum atomic E-state index is -1.05. The zero-order valence-corrected chi connectivity index (χ0v) is 10.4. The second-order valence-corrected chi connectivity index (χ2v) is 4.50. The zero-order chi connectivity index (χ0) is 11.7. The van der Waals surface area contributed by atoms with Gasteiger partial charge >= 0.3 is 6.09 Å². The second kappa shape index (κ2) is 8.84. The SMILES string of the molecule is CCCCCCCC(C)C(Cl)NC(=O)O. The van der Waals surface area contributed by atoms with E-state index in [0.29, 0.717) is 0 Å². The molecule has 4 heteroatoms. The van der Waals surface area contributed by atoms with Gasteiger partial charge in [0.25, 0.3) is 0 Å². The fraction of sp³-hybridized carbons (Fsp3) is 0.909. The van der Waals surface area contributed by atoms with Crippen LogP contribution < -0.4 is 5.32 Å². The summed E-state index contributed by atoms with van der Waals surface area (Å²) in [6, 6.07) is 0. The van der Waals surface area contributed by atoms with E-state index in [4.69, 9.17) is 16.7 Å². The molecular formula is C11H22ClNO2. The van der Waals surface area contributed by atoms with E-state index in [9.17, 15) is 4.79 Å². The summed E-state index contributed by atoms with van der Waals surface area (Å²) < 4.78 is 0. The molecule has 0 aromatic rings. The maximum Gasteiger partial charge on any atom is 0.405 e. The number of unbranched alkanes of at least 4 members (excludes halogenated alkanes) is 4. The van der Waals surface area contributed by atoms with E-state index in [0.717, 1.165) is 12.8 Å². The summed E-state index contributed by atoms with van der Waals surface area (Å²) in [4.78, 5) is 10.3. The number of carbonyl (C=O) groups is 1. The Morgan fingerprint density at radius 1 is 1.33 bits per heavy atom. The van der Waals surface area contributed by atoms with Crippen LogP contribution in [0.15, 0.2) is 0 Å². The zero-order valence-electron chi connectivity index (χ0n) is 9.63. The van der Waals surface area contributed by atoms with Gasteiger partial charge < -0.3 is 10.4 Å². The summed E-state index contributed by atoms with van der Waals surface area (Å²) in [5.74, 6) is 0.199. The van der Waals surface area contributed by atoms with E-state index >= 15 is 0 Å². The van der Waals surface area contributed by atoms with Gasteiger partial charge in [0.15, 0.2) is 0 Å².